The van der Waals surface area contributed by atoms with Crippen LogP contribution in [-0.4, -0.2) is 26.7 Å². The molecule has 2 aliphatic rings. The molecule has 2 aliphatic heterocycles. The Hall–Kier alpha value is -0.400. The first-order valence-corrected chi connectivity index (χ1v) is 8.43. The molecule has 0 spiro atoms. The Morgan fingerprint density at radius 1 is 1.30 bits per heavy atom. The average Bonchev–Trinajstić information content (AvgIpc) is 2.97. The standard InChI is InChI=1S/C12H12Cl2FNO3S/c13-7-2-4-10(11(14)12(7)15)20(17,18)16-8-5-6-1-3-9(8)19-6/h2,4,6,8-9,16H,1,3,5H2. The number of halogens is 3. The summed E-state index contributed by atoms with van der Waals surface area (Å²) < 4.78 is 46.3. The highest BCUT2D eigenvalue weighted by atomic mass is 35.5. The summed E-state index contributed by atoms with van der Waals surface area (Å²) >= 11 is 11.3. The monoisotopic (exact) mass is 339 g/mol. The van der Waals surface area contributed by atoms with Gasteiger partial charge in [0.2, 0.25) is 10.0 Å². The van der Waals surface area contributed by atoms with Crippen molar-refractivity contribution in [2.45, 2.75) is 42.4 Å². The summed E-state index contributed by atoms with van der Waals surface area (Å²) in [6.45, 7) is 0. The first-order chi connectivity index (χ1) is 9.38. The number of hydrogen-bond acceptors (Lipinski definition) is 3. The lowest BCUT2D eigenvalue weighted by atomic mass is 9.96. The van der Waals surface area contributed by atoms with Crippen LogP contribution >= 0.6 is 23.2 Å². The fourth-order valence-corrected chi connectivity index (χ4v) is 4.76. The molecule has 2 bridgehead atoms. The van der Waals surface area contributed by atoms with E-state index in [9.17, 15) is 12.8 Å². The third kappa shape index (κ3) is 2.44. The smallest absolute Gasteiger partial charge is 0.242 e. The second-order valence-electron chi connectivity index (χ2n) is 5.01. The predicted molar refractivity (Wildman–Crippen MR) is 73.0 cm³/mol. The molecule has 0 aromatic heterocycles. The van der Waals surface area contributed by atoms with E-state index in [2.05, 4.69) is 4.72 Å². The number of sulfonamides is 1. The number of ether oxygens (including phenoxy) is 1. The Kier molecular flexibility index (Phi) is 3.71. The Labute approximate surface area is 126 Å². The lowest BCUT2D eigenvalue weighted by Crippen LogP contribution is -2.41. The molecule has 0 amide bonds. The zero-order chi connectivity index (χ0) is 14.5. The van der Waals surface area contributed by atoms with Gasteiger partial charge in [-0.3, -0.25) is 0 Å². The second-order valence-corrected chi connectivity index (χ2v) is 7.48. The van der Waals surface area contributed by atoms with Gasteiger partial charge >= 0.3 is 0 Å². The molecular weight excluding hydrogens is 328 g/mol. The van der Waals surface area contributed by atoms with Crippen LogP contribution < -0.4 is 4.72 Å². The van der Waals surface area contributed by atoms with E-state index in [1.807, 2.05) is 0 Å². The van der Waals surface area contributed by atoms with E-state index < -0.39 is 20.9 Å². The van der Waals surface area contributed by atoms with Crippen molar-refractivity contribution in [2.75, 3.05) is 0 Å². The third-order valence-corrected chi connectivity index (χ3v) is 6.01. The predicted octanol–water partition coefficient (Wildman–Crippen LogP) is 2.73. The van der Waals surface area contributed by atoms with E-state index in [0.29, 0.717) is 6.42 Å². The zero-order valence-electron chi connectivity index (χ0n) is 10.3. The van der Waals surface area contributed by atoms with E-state index in [-0.39, 0.29) is 28.2 Å². The lowest BCUT2D eigenvalue weighted by Gasteiger charge is -2.20. The number of hydrogen-bond donors (Lipinski definition) is 1. The molecule has 1 aromatic rings. The molecule has 2 fully saturated rings. The quantitative estimate of drug-likeness (QED) is 0.861. The fraction of sp³-hybridized carbons (Fsp3) is 0.500. The van der Waals surface area contributed by atoms with Gasteiger partial charge in [-0.05, 0) is 31.4 Å². The van der Waals surface area contributed by atoms with Gasteiger partial charge in [0, 0.05) is 0 Å². The van der Waals surface area contributed by atoms with Crippen LogP contribution in [0.3, 0.4) is 0 Å². The molecular formula is C12H12Cl2FNO3S. The molecule has 0 radical (unpaired) electrons. The largest absolute Gasteiger partial charge is 0.373 e. The molecule has 110 valence electrons. The minimum Gasteiger partial charge on any atom is -0.373 e. The molecule has 3 unspecified atom stereocenters. The molecule has 2 heterocycles. The van der Waals surface area contributed by atoms with Crippen molar-refractivity contribution in [3.05, 3.63) is 28.0 Å². The number of benzene rings is 1. The minimum atomic E-state index is -3.90. The van der Waals surface area contributed by atoms with Crippen LogP contribution in [0.15, 0.2) is 17.0 Å². The van der Waals surface area contributed by atoms with Crippen molar-refractivity contribution in [3.8, 4) is 0 Å². The summed E-state index contributed by atoms with van der Waals surface area (Å²) in [5.41, 5.74) is 0. The Bertz CT molecular complexity index is 652. The van der Waals surface area contributed by atoms with Crippen molar-refractivity contribution >= 4 is 33.2 Å². The van der Waals surface area contributed by atoms with Gasteiger partial charge in [0.05, 0.1) is 28.3 Å². The molecule has 4 nitrogen and oxygen atoms in total. The van der Waals surface area contributed by atoms with Crippen LogP contribution in [0.5, 0.6) is 0 Å². The molecule has 3 rings (SSSR count). The van der Waals surface area contributed by atoms with Crippen molar-refractivity contribution in [2.24, 2.45) is 0 Å². The van der Waals surface area contributed by atoms with E-state index in [0.717, 1.165) is 12.8 Å². The number of fused-ring (bicyclic) bond motifs is 2. The molecule has 2 saturated heterocycles. The fourth-order valence-electron chi connectivity index (χ4n) is 2.74. The average molecular weight is 340 g/mol. The summed E-state index contributed by atoms with van der Waals surface area (Å²) in [6, 6.07) is 2.09. The maximum absolute atomic E-state index is 13.6. The zero-order valence-corrected chi connectivity index (χ0v) is 12.6. The van der Waals surface area contributed by atoms with Crippen LogP contribution in [0.2, 0.25) is 10.0 Å². The van der Waals surface area contributed by atoms with Crippen molar-refractivity contribution in [3.63, 3.8) is 0 Å². The summed E-state index contributed by atoms with van der Waals surface area (Å²) in [5, 5.41) is -0.703. The molecule has 8 heteroatoms. The molecule has 1 aromatic carbocycles. The van der Waals surface area contributed by atoms with Crippen molar-refractivity contribution in [1.82, 2.24) is 4.72 Å². The van der Waals surface area contributed by atoms with Crippen molar-refractivity contribution in [1.29, 1.82) is 0 Å². The Morgan fingerprint density at radius 3 is 2.65 bits per heavy atom. The van der Waals surface area contributed by atoms with E-state index in [4.69, 9.17) is 27.9 Å². The second kappa shape index (κ2) is 5.10. The van der Waals surface area contributed by atoms with E-state index >= 15 is 0 Å². The third-order valence-electron chi connectivity index (χ3n) is 3.70. The van der Waals surface area contributed by atoms with Crippen LogP contribution in [0.1, 0.15) is 19.3 Å². The summed E-state index contributed by atoms with van der Waals surface area (Å²) in [7, 11) is -3.90. The molecule has 1 N–H and O–H groups in total. The Morgan fingerprint density at radius 2 is 2.05 bits per heavy atom. The highest BCUT2D eigenvalue weighted by Crippen LogP contribution is 2.36. The van der Waals surface area contributed by atoms with Gasteiger partial charge in [-0.1, -0.05) is 23.2 Å². The van der Waals surface area contributed by atoms with Gasteiger partial charge < -0.3 is 4.74 Å². The van der Waals surface area contributed by atoms with Gasteiger partial charge in [-0.25, -0.2) is 17.5 Å². The number of nitrogens with one attached hydrogen (secondary N) is 1. The van der Waals surface area contributed by atoms with Crippen molar-refractivity contribution < 1.29 is 17.5 Å². The Balaban J connectivity index is 1.87. The summed E-state index contributed by atoms with van der Waals surface area (Å²) in [5.74, 6) is -0.930. The first kappa shape index (κ1) is 14.5. The highest BCUT2D eigenvalue weighted by molar-refractivity contribution is 7.89. The molecule has 0 aliphatic carbocycles. The van der Waals surface area contributed by atoms with Gasteiger partial charge in [0.1, 0.15) is 4.90 Å². The molecule has 0 saturated carbocycles. The van der Waals surface area contributed by atoms with Gasteiger partial charge in [0.15, 0.2) is 5.82 Å². The topological polar surface area (TPSA) is 55.4 Å². The summed E-state index contributed by atoms with van der Waals surface area (Å²) in [6.07, 6.45) is 2.44. The number of rotatable bonds is 3. The maximum Gasteiger partial charge on any atom is 0.242 e. The first-order valence-electron chi connectivity index (χ1n) is 6.20. The van der Waals surface area contributed by atoms with Crippen LogP contribution in [-0.2, 0) is 14.8 Å². The molecule has 3 atom stereocenters. The van der Waals surface area contributed by atoms with Gasteiger partial charge in [0.25, 0.3) is 0 Å². The summed E-state index contributed by atoms with van der Waals surface area (Å²) in [4.78, 5) is -0.302. The SMILES string of the molecule is O=S(=O)(NC1CC2CCC1O2)c1ccc(Cl)c(F)c1Cl. The normalized spacial score (nSPS) is 29.1. The van der Waals surface area contributed by atoms with Crippen LogP contribution in [0.4, 0.5) is 4.39 Å². The maximum atomic E-state index is 13.6. The highest BCUT2D eigenvalue weighted by Gasteiger charge is 2.42. The van der Waals surface area contributed by atoms with Crippen LogP contribution in [0.25, 0.3) is 0 Å². The van der Waals surface area contributed by atoms with Gasteiger partial charge in [-0.15, -0.1) is 0 Å². The van der Waals surface area contributed by atoms with Gasteiger partial charge in [-0.2, -0.15) is 0 Å². The lowest BCUT2D eigenvalue weighted by molar-refractivity contribution is 0.0996. The van der Waals surface area contributed by atoms with E-state index in [1.165, 1.54) is 12.1 Å². The molecule has 20 heavy (non-hydrogen) atoms. The van der Waals surface area contributed by atoms with E-state index in [1.54, 1.807) is 0 Å². The van der Waals surface area contributed by atoms with Crippen LogP contribution in [0, 0.1) is 5.82 Å². The minimum absolute atomic E-state index is 0.106.